The molecule has 0 heterocycles. The number of hydrogen-bond donors (Lipinski definition) is 3. The third-order valence-corrected chi connectivity index (χ3v) is 16.8. The molecule has 0 aliphatic heterocycles. The number of carbonyl (C=O) groups is 4. The first-order chi connectivity index (χ1) is 46.7. The lowest BCUT2D eigenvalue weighted by Gasteiger charge is -2.21. The first-order valence-corrected chi connectivity index (χ1v) is 39.8. The van der Waals surface area contributed by atoms with Crippen LogP contribution in [0, 0.1) is 0 Å². The van der Waals surface area contributed by atoms with E-state index >= 15 is 0 Å². The van der Waals surface area contributed by atoms with E-state index < -0.39 is 97.5 Å². The lowest BCUT2D eigenvalue weighted by atomic mass is 10.1. The van der Waals surface area contributed by atoms with Gasteiger partial charge in [0.1, 0.15) is 19.3 Å². The summed E-state index contributed by atoms with van der Waals surface area (Å²) in [7, 11) is -9.97. The summed E-state index contributed by atoms with van der Waals surface area (Å²) in [6.07, 6.45) is 73.5. The molecule has 0 amide bonds. The van der Waals surface area contributed by atoms with Gasteiger partial charge < -0.3 is 33.8 Å². The predicted molar refractivity (Wildman–Crippen MR) is 390 cm³/mol. The van der Waals surface area contributed by atoms with Gasteiger partial charge in [-0.3, -0.25) is 37.3 Å². The van der Waals surface area contributed by atoms with Crippen LogP contribution in [-0.2, 0) is 65.4 Å². The topological polar surface area (TPSA) is 237 Å². The number of rotatable bonds is 68. The van der Waals surface area contributed by atoms with E-state index in [1.165, 1.54) is 38.5 Å². The zero-order valence-electron chi connectivity index (χ0n) is 59.8. The van der Waals surface area contributed by atoms with E-state index in [0.29, 0.717) is 25.7 Å². The number of aliphatic hydroxyl groups is 1. The highest BCUT2D eigenvalue weighted by atomic mass is 31.2. The van der Waals surface area contributed by atoms with Gasteiger partial charge in [-0.05, 0) is 148 Å². The fourth-order valence-corrected chi connectivity index (χ4v) is 10.9. The third kappa shape index (κ3) is 68.0. The number of hydrogen-bond acceptors (Lipinski definition) is 15. The van der Waals surface area contributed by atoms with Crippen molar-refractivity contribution >= 4 is 39.5 Å². The molecule has 96 heavy (non-hydrogen) atoms. The van der Waals surface area contributed by atoms with Crippen LogP contribution in [0.5, 0.6) is 0 Å². The Morgan fingerprint density at radius 3 is 0.896 bits per heavy atom. The van der Waals surface area contributed by atoms with Crippen LogP contribution in [0.1, 0.15) is 285 Å². The average Bonchev–Trinajstić information content (AvgIpc) is 1.13. The van der Waals surface area contributed by atoms with Crippen molar-refractivity contribution in [3.05, 3.63) is 122 Å². The molecule has 0 radical (unpaired) electrons. The van der Waals surface area contributed by atoms with Crippen molar-refractivity contribution in [2.75, 3.05) is 39.6 Å². The highest BCUT2D eigenvalue weighted by Crippen LogP contribution is 2.45. The quantitative estimate of drug-likeness (QED) is 0.0169. The molecule has 5 unspecified atom stereocenters. The number of phosphoric acid groups is 2. The molecule has 17 nitrogen and oxygen atoms in total. The van der Waals surface area contributed by atoms with E-state index in [-0.39, 0.29) is 25.7 Å². The molecule has 19 heteroatoms. The molecule has 0 aromatic carbocycles. The molecule has 5 atom stereocenters. The number of allylic oxidation sites excluding steroid dienone is 20. The molecule has 0 aromatic heterocycles. The van der Waals surface area contributed by atoms with Crippen molar-refractivity contribution in [1.29, 1.82) is 0 Å². The highest BCUT2D eigenvalue weighted by molar-refractivity contribution is 7.47. The monoisotopic (exact) mass is 1390 g/mol. The van der Waals surface area contributed by atoms with Crippen LogP contribution in [0.4, 0.5) is 0 Å². The summed E-state index contributed by atoms with van der Waals surface area (Å²) in [4.78, 5) is 72.7. The van der Waals surface area contributed by atoms with Crippen LogP contribution in [0.15, 0.2) is 122 Å². The highest BCUT2D eigenvalue weighted by Gasteiger charge is 2.30. The molecule has 0 aliphatic rings. The molecular weight excluding hydrogens is 1260 g/mol. The zero-order chi connectivity index (χ0) is 70.4. The average molecular weight is 1390 g/mol. The minimum Gasteiger partial charge on any atom is -0.462 e. The Balaban J connectivity index is 5.38. The van der Waals surface area contributed by atoms with Gasteiger partial charge in [-0.15, -0.1) is 0 Å². The summed E-state index contributed by atoms with van der Waals surface area (Å²) in [5.74, 6) is -2.27. The fourth-order valence-electron chi connectivity index (χ4n) is 9.29. The zero-order valence-corrected chi connectivity index (χ0v) is 61.5. The number of esters is 4. The van der Waals surface area contributed by atoms with E-state index in [1.54, 1.807) is 0 Å². The van der Waals surface area contributed by atoms with Gasteiger partial charge in [0, 0.05) is 25.7 Å². The second-order valence-corrected chi connectivity index (χ2v) is 27.0. The number of phosphoric ester groups is 2. The van der Waals surface area contributed by atoms with Crippen molar-refractivity contribution in [3.8, 4) is 0 Å². The maximum atomic E-state index is 13.0. The van der Waals surface area contributed by atoms with Crippen molar-refractivity contribution in [2.24, 2.45) is 0 Å². The van der Waals surface area contributed by atoms with Crippen molar-refractivity contribution in [1.82, 2.24) is 0 Å². The lowest BCUT2D eigenvalue weighted by molar-refractivity contribution is -0.161. The number of carbonyl (C=O) groups excluding carboxylic acids is 4. The van der Waals surface area contributed by atoms with Gasteiger partial charge in [0.2, 0.25) is 0 Å². The fraction of sp³-hybridized carbons (Fsp3) is 0.688. The molecule has 0 rings (SSSR count). The largest absolute Gasteiger partial charge is 0.472 e. The summed E-state index contributed by atoms with van der Waals surface area (Å²) >= 11 is 0. The molecule has 550 valence electrons. The van der Waals surface area contributed by atoms with E-state index in [2.05, 4.69) is 149 Å². The van der Waals surface area contributed by atoms with Gasteiger partial charge in [0.25, 0.3) is 0 Å². The summed E-state index contributed by atoms with van der Waals surface area (Å²) < 4.78 is 68.3. The van der Waals surface area contributed by atoms with Gasteiger partial charge in [0.15, 0.2) is 12.2 Å². The second-order valence-electron chi connectivity index (χ2n) is 24.1. The van der Waals surface area contributed by atoms with Crippen LogP contribution in [0.25, 0.3) is 0 Å². The Morgan fingerprint density at radius 1 is 0.302 bits per heavy atom. The van der Waals surface area contributed by atoms with Crippen molar-refractivity contribution in [3.63, 3.8) is 0 Å². The van der Waals surface area contributed by atoms with Crippen molar-refractivity contribution in [2.45, 2.75) is 303 Å². The van der Waals surface area contributed by atoms with Gasteiger partial charge in [-0.2, -0.15) is 0 Å². The van der Waals surface area contributed by atoms with Gasteiger partial charge in [-0.1, -0.05) is 233 Å². The number of unbranched alkanes of at least 4 members (excludes halogenated alkanes) is 22. The molecule has 0 saturated carbocycles. The Kier molecular flexibility index (Phi) is 65.7. The third-order valence-electron chi connectivity index (χ3n) is 14.9. The van der Waals surface area contributed by atoms with Crippen LogP contribution < -0.4 is 0 Å². The maximum Gasteiger partial charge on any atom is 0.472 e. The molecule has 3 N–H and O–H groups in total. The summed E-state index contributed by atoms with van der Waals surface area (Å²) in [5.41, 5.74) is 0. The maximum absolute atomic E-state index is 13.0. The van der Waals surface area contributed by atoms with E-state index in [1.807, 2.05) is 0 Å². The molecule has 0 saturated heterocycles. The minimum absolute atomic E-state index is 0.0733. The van der Waals surface area contributed by atoms with Crippen LogP contribution in [0.2, 0.25) is 0 Å². The Bertz CT molecular complexity index is 2300. The lowest BCUT2D eigenvalue weighted by Crippen LogP contribution is -2.30. The standard InChI is InChI=1S/C77H130O17P2/c1-5-9-13-17-21-25-29-32-34-35-37-40-43-46-50-54-58-62-75(80)87-67-72(93-76(81)63-59-55-51-47-41-28-24-20-16-12-8-4)69-91-95(83,84)89-65-71(78)66-90-96(85,86)92-70-73(94-77(82)64-60-56-52-48-44-38-31-27-23-19-15-11-7-3)68-88-74(79)61-57-53-49-45-42-39-36-33-30-26-22-18-14-10-6-2/h9-10,13-14,20-22,24-27,31-34,36-37,40,42,45,71-73,78H,5-8,11-12,15-19,23,28-30,35,38-39,41,43-44,46-70H2,1-4H3,(H,83,84)(H,85,86)/b13-9-,14-10-,24-20-,25-21-,26-22-,31-27-,34-32-,36-33-,40-37-,45-42-. The summed E-state index contributed by atoms with van der Waals surface area (Å²) in [5, 5.41) is 10.6. The van der Waals surface area contributed by atoms with Crippen LogP contribution >= 0.6 is 15.6 Å². The van der Waals surface area contributed by atoms with E-state index in [9.17, 15) is 43.2 Å². The molecule has 0 spiro atoms. The van der Waals surface area contributed by atoms with Crippen molar-refractivity contribution < 1.29 is 80.2 Å². The molecule has 0 aromatic rings. The number of ether oxygens (including phenoxy) is 4. The summed E-state index contributed by atoms with van der Waals surface area (Å²) in [6, 6.07) is 0. The molecule has 0 bridgehead atoms. The SMILES string of the molecule is CC/C=C\C/C=C\C/C=C\C/C=C\CCCCCCC(=O)OCC(COP(=O)(O)OCC(O)COP(=O)(O)OCC(COC(=O)CCCC/C=C\C/C=C\C/C=C\C/C=C\CC)OC(=O)CCCCCCC/C=C\CCCCCC)OC(=O)CCCCCCC/C=C\CCCC. The normalized spacial score (nSPS) is 14.7. The molecule has 0 aliphatic carbocycles. The molecule has 0 fully saturated rings. The smallest absolute Gasteiger partial charge is 0.462 e. The molecular formula is C77H130O17P2. The first kappa shape index (κ1) is 91.5. The number of aliphatic hydroxyl groups excluding tert-OH is 1. The van der Waals surface area contributed by atoms with Crippen LogP contribution in [0.3, 0.4) is 0 Å². The second kappa shape index (κ2) is 69.0. The van der Waals surface area contributed by atoms with Gasteiger partial charge in [-0.25, -0.2) is 9.13 Å². The van der Waals surface area contributed by atoms with Crippen LogP contribution in [-0.4, -0.2) is 96.7 Å². The minimum atomic E-state index is -4.98. The predicted octanol–water partition coefficient (Wildman–Crippen LogP) is 20.8. The summed E-state index contributed by atoms with van der Waals surface area (Å²) in [6.45, 7) is 4.48. The Labute approximate surface area is 581 Å². The Hall–Kier alpha value is -4.54. The van der Waals surface area contributed by atoms with Gasteiger partial charge >= 0.3 is 39.5 Å². The van der Waals surface area contributed by atoms with Gasteiger partial charge in [0.05, 0.1) is 26.4 Å². The van der Waals surface area contributed by atoms with E-state index in [4.69, 9.17) is 37.0 Å². The first-order valence-electron chi connectivity index (χ1n) is 36.8. The van der Waals surface area contributed by atoms with E-state index in [0.717, 1.165) is 167 Å². The Morgan fingerprint density at radius 2 is 0.552 bits per heavy atom.